The van der Waals surface area contributed by atoms with Crippen molar-refractivity contribution in [3.8, 4) is 0 Å². The van der Waals surface area contributed by atoms with Gasteiger partial charge in [-0.3, -0.25) is 9.80 Å². The molecule has 0 radical (unpaired) electrons. The molecule has 2 saturated heterocycles. The fourth-order valence-corrected chi connectivity index (χ4v) is 3.85. The first-order valence-electron chi connectivity index (χ1n) is 7.33. The Morgan fingerprint density at radius 3 is 2.79 bits per heavy atom. The lowest BCUT2D eigenvalue weighted by atomic mass is 10.0. The number of aromatic nitrogens is 1. The molecule has 0 saturated carbocycles. The van der Waals surface area contributed by atoms with Crippen LogP contribution in [0.5, 0.6) is 0 Å². The highest BCUT2D eigenvalue weighted by atomic mass is 32.1. The molecule has 5 heteroatoms. The summed E-state index contributed by atoms with van der Waals surface area (Å²) in [7, 11) is 0. The number of aryl methyl sites for hydroxylation is 1. The summed E-state index contributed by atoms with van der Waals surface area (Å²) in [6.45, 7) is 7.90. The highest BCUT2D eigenvalue weighted by Crippen LogP contribution is 2.21. The second kappa shape index (κ2) is 5.87. The van der Waals surface area contributed by atoms with Gasteiger partial charge in [0, 0.05) is 37.1 Å². The second-order valence-electron chi connectivity index (χ2n) is 5.91. The van der Waals surface area contributed by atoms with Crippen LogP contribution in [-0.4, -0.2) is 53.0 Å². The number of nitrogens with zero attached hydrogens (tertiary/aromatic N) is 3. The van der Waals surface area contributed by atoms with E-state index in [-0.39, 0.29) is 0 Å². The molecule has 2 aliphatic rings. The van der Waals surface area contributed by atoms with E-state index in [4.69, 9.17) is 5.73 Å². The van der Waals surface area contributed by atoms with Gasteiger partial charge in [-0.2, -0.15) is 0 Å². The van der Waals surface area contributed by atoms with E-state index in [2.05, 4.69) is 27.1 Å². The molecular weight excluding hydrogens is 256 g/mol. The molecule has 0 aromatic carbocycles. The molecule has 3 heterocycles. The molecule has 2 N–H and O–H groups in total. The van der Waals surface area contributed by atoms with Crippen LogP contribution in [0.3, 0.4) is 0 Å². The first-order valence-corrected chi connectivity index (χ1v) is 8.21. The van der Waals surface area contributed by atoms with Crippen molar-refractivity contribution in [2.45, 2.75) is 44.8 Å². The molecule has 2 fully saturated rings. The third-order valence-corrected chi connectivity index (χ3v) is 5.21. The Hall–Kier alpha value is -0.490. The van der Waals surface area contributed by atoms with Gasteiger partial charge >= 0.3 is 0 Å². The van der Waals surface area contributed by atoms with E-state index in [1.54, 1.807) is 11.3 Å². The van der Waals surface area contributed by atoms with Gasteiger partial charge in [0.1, 0.15) is 0 Å². The number of rotatable bonds is 3. The number of thiazole rings is 1. The summed E-state index contributed by atoms with van der Waals surface area (Å²) in [5, 5.41) is 3.37. The van der Waals surface area contributed by atoms with Gasteiger partial charge in [-0.05, 0) is 39.3 Å². The molecule has 0 aliphatic carbocycles. The number of piperidine rings is 1. The minimum atomic E-state index is 0.437. The normalized spacial score (nSPS) is 27.2. The number of hydrogen-bond donors (Lipinski definition) is 1. The van der Waals surface area contributed by atoms with Crippen LogP contribution in [0.2, 0.25) is 0 Å². The zero-order valence-corrected chi connectivity index (χ0v) is 12.5. The van der Waals surface area contributed by atoms with Gasteiger partial charge in [-0.15, -0.1) is 11.3 Å². The molecule has 1 aromatic rings. The molecule has 1 unspecified atom stereocenters. The molecule has 1 atom stereocenters. The molecule has 0 amide bonds. The molecule has 2 aliphatic heterocycles. The van der Waals surface area contributed by atoms with Crippen LogP contribution >= 0.6 is 11.3 Å². The van der Waals surface area contributed by atoms with Crippen LogP contribution in [0.4, 0.5) is 0 Å². The van der Waals surface area contributed by atoms with Crippen molar-refractivity contribution in [1.29, 1.82) is 0 Å². The van der Waals surface area contributed by atoms with E-state index in [1.807, 2.05) is 0 Å². The average molecular weight is 280 g/mol. The monoisotopic (exact) mass is 280 g/mol. The van der Waals surface area contributed by atoms with Gasteiger partial charge in [0.2, 0.25) is 0 Å². The lowest BCUT2D eigenvalue weighted by Gasteiger charge is -2.34. The van der Waals surface area contributed by atoms with Crippen LogP contribution in [0, 0.1) is 6.92 Å². The van der Waals surface area contributed by atoms with Crippen molar-refractivity contribution in [3.05, 3.63) is 16.1 Å². The quantitative estimate of drug-likeness (QED) is 0.910. The van der Waals surface area contributed by atoms with E-state index < -0.39 is 0 Å². The number of likely N-dealkylation sites (tertiary alicyclic amines) is 2. The van der Waals surface area contributed by atoms with Crippen molar-refractivity contribution in [2.24, 2.45) is 5.73 Å². The summed E-state index contributed by atoms with van der Waals surface area (Å²) < 4.78 is 0. The predicted molar refractivity (Wildman–Crippen MR) is 79.3 cm³/mol. The smallest absolute Gasteiger partial charge is 0.0897 e. The molecule has 4 nitrogen and oxygen atoms in total. The minimum absolute atomic E-state index is 0.437. The summed E-state index contributed by atoms with van der Waals surface area (Å²) in [4.78, 5) is 9.77. The Balaban J connectivity index is 1.50. The van der Waals surface area contributed by atoms with Gasteiger partial charge in [0.15, 0.2) is 0 Å². The van der Waals surface area contributed by atoms with E-state index in [0.29, 0.717) is 6.04 Å². The molecule has 19 heavy (non-hydrogen) atoms. The largest absolute Gasteiger partial charge is 0.328 e. The van der Waals surface area contributed by atoms with Gasteiger partial charge < -0.3 is 5.73 Å². The Morgan fingerprint density at radius 1 is 1.32 bits per heavy atom. The standard InChI is InChI=1S/C14H24N4S/c1-11-16-13(10-19-11)8-17-5-4-14(9-17)18-6-2-12(15)3-7-18/h10,12,14H,2-9,15H2,1H3. The van der Waals surface area contributed by atoms with Crippen LogP contribution in [0.15, 0.2) is 5.38 Å². The number of hydrogen-bond acceptors (Lipinski definition) is 5. The molecular formula is C14H24N4S. The third-order valence-electron chi connectivity index (χ3n) is 4.39. The van der Waals surface area contributed by atoms with Gasteiger partial charge in [-0.1, -0.05) is 0 Å². The summed E-state index contributed by atoms with van der Waals surface area (Å²) in [5.74, 6) is 0. The van der Waals surface area contributed by atoms with Gasteiger partial charge in [-0.25, -0.2) is 4.98 Å². The van der Waals surface area contributed by atoms with E-state index in [1.165, 1.54) is 56.1 Å². The fraction of sp³-hybridized carbons (Fsp3) is 0.786. The highest BCUT2D eigenvalue weighted by Gasteiger charge is 2.29. The lowest BCUT2D eigenvalue weighted by molar-refractivity contribution is 0.151. The van der Waals surface area contributed by atoms with Gasteiger partial charge in [0.05, 0.1) is 10.7 Å². The van der Waals surface area contributed by atoms with Crippen molar-refractivity contribution >= 4 is 11.3 Å². The Morgan fingerprint density at radius 2 is 2.11 bits per heavy atom. The van der Waals surface area contributed by atoms with Crippen LogP contribution in [0.25, 0.3) is 0 Å². The van der Waals surface area contributed by atoms with Crippen molar-refractivity contribution in [3.63, 3.8) is 0 Å². The maximum Gasteiger partial charge on any atom is 0.0897 e. The number of nitrogens with two attached hydrogens (primary N) is 1. The van der Waals surface area contributed by atoms with E-state index in [0.717, 1.165) is 12.6 Å². The molecule has 1 aromatic heterocycles. The molecule has 0 bridgehead atoms. The van der Waals surface area contributed by atoms with Gasteiger partial charge in [0.25, 0.3) is 0 Å². The Bertz CT molecular complexity index is 411. The predicted octanol–water partition coefficient (Wildman–Crippen LogP) is 1.45. The summed E-state index contributed by atoms with van der Waals surface area (Å²) in [6, 6.07) is 1.18. The van der Waals surface area contributed by atoms with Crippen molar-refractivity contribution < 1.29 is 0 Å². The van der Waals surface area contributed by atoms with E-state index in [9.17, 15) is 0 Å². The zero-order valence-electron chi connectivity index (χ0n) is 11.7. The molecule has 3 rings (SSSR count). The Kier molecular flexibility index (Phi) is 4.17. The first-order chi connectivity index (χ1) is 9.20. The fourth-order valence-electron chi connectivity index (χ4n) is 3.25. The highest BCUT2D eigenvalue weighted by molar-refractivity contribution is 7.09. The zero-order chi connectivity index (χ0) is 13.2. The average Bonchev–Trinajstić information content (AvgIpc) is 3.00. The SMILES string of the molecule is Cc1nc(CN2CCC(N3CCC(N)CC3)C2)cs1. The van der Waals surface area contributed by atoms with Crippen LogP contribution in [0.1, 0.15) is 30.0 Å². The van der Waals surface area contributed by atoms with Crippen LogP contribution in [-0.2, 0) is 6.54 Å². The van der Waals surface area contributed by atoms with Crippen molar-refractivity contribution in [1.82, 2.24) is 14.8 Å². The van der Waals surface area contributed by atoms with Crippen molar-refractivity contribution in [2.75, 3.05) is 26.2 Å². The summed E-state index contributed by atoms with van der Waals surface area (Å²) in [6.07, 6.45) is 3.64. The lowest BCUT2D eigenvalue weighted by Crippen LogP contribution is -2.46. The van der Waals surface area contributed by atoms with E-state index >= 15 is 0 Å². The summed E-state index contributed by atoms with van der Waals surface area (Å²) in [5.41, 5.74) is 7.22. The molecule has 106 valence electrons. The molecule has 0 spiro atoms. The minimum Gasteiger partial charge on any atom is -0.328 e. The summed E-state index contributed by atoms with van der Waals surface area (Å²) >= 11 is 1.75. The second-order valence-corrected chi connectivity index (χ2v) is 6.97. The Labute approximate surface area is 119 Å². The van der Waals surface area contributed by atoms with Crippen LogP contribution < -0.4 is 5.73 Å². The first kappa shape index (κ1) is 13.5. The topological polar surface area (TPSA) is 45.4 Å². The maximum atomic E-state index is 5.98. The third kappa shape index (κ3) is 3.34. The maximum absolute atomic E-state index is 5.98.